The first-order valence-corrected chi connectivity index (χ1v) is 8.61. The monoisotopic (exact) mass is 330 g/mol. The van der Waals surface area contributed by atoms with Gasteiger partial charge in [0.25, 0.3) is 0 Å². The summed E-state index contributed by atoms with van der Waals surface area (Å²) in [6.07, 6.45) is 2.02. The van der Waals surface area contributed by atoms with Crippen molar-refractivity contribution in [2.24, 2.45) is 0 Å². The molecule has 0 aliphatic rings. The fourth-order valence-corrected chi connectivity index (χ4v) is 2.74. The van der Waals surface area contributed by atoms with Gasteiger partial charge in [-0.2, -0.15) is 0 Å². The third kappa shape index (κ3) is 7.31. The first-order valence-electron chi connectivity index (χ1n) is 5.38. The molecule has 7 heteroatoms. The SMILES string of the molecule is O=S(=O)(Cl)CCCCCOc1cc(Cl)cc(Cl)c1. The molecule has 0 bridgehead atoms. The van der Waals surface area contributed by atoms with E-state index in [-0.39, 0.29) is 5.75 Å². The van der Waals surface area contributed by atoms with Crippen LogP contribution in [0.5, 0.6) is 5.75 Å². The highest BCUT2D eigenvalue weighted by Gasteiger charge is 2.04. The Hall–Kier alpha value is -0.160. The summed E-state index contributed by atoms with van der Waals surface area (Å²) >= 11 is 11.6. The molecule has 0 aromatic heterocycles. The Balaban J connectivity index is 2.22. The third-order valence-corrected chi connectivity index (χ3v) is 3.81. The average molecular weight is 332 g/mol. The van der Waals surface area contributed by atoms with Crippen molar-refractivity contribution in [3.63, 3.8) is 0 Å². The molecule has 0 N–H and O–H groups in total. The van der Waals surface area contributed by atoms with Crippen LogP contribution in [0, 0.1) is 0 Å². The number of unbranched alkanes of at least 4 members (excludes halogenated alkanes) is 2. The smallest absolute Gasteiger partial charge is 0.232 e. The Morgan fingerprint density at radius 3 is 2.17 bits per heavy atom. The van der Waals surface area contributed by atoms with Gasteiger partial charge >= 0.3 is 0 Å². The molecule has 0 heterocycles. The number of rotatable bonds is 7. The minimum absolute atomic E-state index is 0.00243. The van der Waals surface area contributed by atoms with E-state index < -0.39 is 9.05 Å². The Morgan fingerprint density at radius 1 is 1.00 bits per heavy atom. The summed E-state index contributed by atoms with van der Waals surface area (Å²) in [5.74, 6) is 0.606. The third-order valence-electron chi connectivity index (χ3n) is 2.14. The molecule has 0 radical (unpaired) electrons. The summed E-state index contributed by atoms with van der Waals surface area (Å²) < 4.78 is 26.8. The standard InChI is InChI=1S/C11H13Cl3O3S/c12-9-6-10(13)8-11(7-9)17-4-2-1-3-5-18(14,15)16/h6-8H,1-5H2. The van der Waals surface area contributed by atoms with Gasteiger partial charge in [0.15, 0.2) is 0 Å². The van der Waals surface area contributed by atoms with E-state index in [1.54, 1.807) is 18.2 Å². The lowest BCUT2D eigenvalue weighted by Crippen LogP contribution is -2.00. The van der Waals surface area contributed by atoms with Crippen LogP contribution in [0.4, 0.5) is 0 Å². The second-order valence-corrected chi connectivity index (χ2v) is 7.53. The fraction of sp³-hybridized carbons (Fsp3) is 0.455. The van der Waals surface area contributed by atoms with Crippen LogP contribution in [-0.4, -0.2) is 20.8 Å². The summed E-state index contributed by atoms with van der Waals surface area (Å²) in [7, 11) is 1.71. The van der Waals surface area contributed by atoms with Crippen LogP contribution in [0.1, 0.15) is 19.3 Å². The summed E-state index contributed by atoms with van der Waals surface area (Å²) in [6, 6.07) is 4.98. The first kappa shape index (κ1) is 15.9. The predicted molar refractivity (Wildman–Crippen MR) is 75.4 cm³/mol. The van der Waals surface area contributed by atoms with Crippen LogP contribution in [-0.2, 0) is 9.05 Å². The summed E-state index contributed by atoms with van der Waals surface area (Å²) in [5, 5.41) is 1.04. The molecule has 0 atom stereocenters. The van der Waals surface area contributed by atoms with Gasteiger partial charge in [0.05, 0.1) is 12.4 Å². The van der Waals surface area contributed by atoms with Gasteiger partial charge in [0.2, 0.25) is 9.05 Å². The molecule has 0 amide bonds. The van der Waals surface area contributed by atoms with Crippen LogP contribution in [0.2, 0.25) is 10.0 Å². The summed E-state index contributed by atoms with van der Waals surface area (Å²) in [5.41, 5.74) is 0. The van der Waals surface area contributed by atoms with Crippen molar-refractivity contribution in [3.8, 4) is 5.75 Å². The van der Waals surface area contributed by atoms with E-state index in [2.05, 4.69) is 0 Å². The van der Waals surface area contributed by atoms with E-state index >= 15 is 0 Å². The molecule has 0 unspecified atom stereocenters. The topological polar surface area (TPSA) is 43.4 Å². The number of hydrogen-bond donors (Lipinski definition) is 0. The van der Waals surface area contributed by atoms with Crippen molar-refractivity contribution in [1.82, 2.24) is 0 Å². The van der Waals surface area contributed by atoms with Gasteiger partial charge in [-0.25, -0.2) is 8.42 Å². The molecule has 1 rings (SSSR count). The van der Waals surface area contributed by atoms with Gasteiger partial charge in [0.1, 0.15) is 5.75 Å². The van der Waals surface area contributed by atoms with Crippen LogP contribution >= 0.6 is 33.9 Å². The molecule has 0 saturated carbocycles. The van der Waals surface area contributed by atoms with Crippen LogP contribution in [0.15, 0.2) is 18.2 Å². The quantitative estimate of drug-likeness (QED) is 0.558. The minimum atomic E-state index is -3.38. The molecule has 0 spiro atoms. The molecule has 0 aliphatic heterocycles. The van der Waals surface area contributed by atoms with Crippen molar-refractivity contribution < 1.29 is 13.2 Å². The molecule has 0 aliphatic carbocycles. The molecular weight excluding hydrogens is 319 g/mol. The molecule has 1 aromatic carbocycles. The zero-order valence-electron chi connectivity index (χ0n) is 9.53. The fourth-order valence-electron chi connectivity index (χ4n) is 1.36. The van der Waals surface area contributed by atoms with Gasteiger partial charge in [0, 0.05) is 20.7 Å². The van der Waals surface area contributed by atoms with Crippen LogP contribution in [0.3, 0.4) is 0 Å². The van der Waals surface area contributed by atoms with Gasteiger partial charge in [-0.1, -0.05) is 23.2 Å². The van der Waals surface area contributed by atoms with Gasteiger partial charge < -0.3 is 4.74 Å². The van der Waals surface area contributed by atoms with E-state index in [0.29, 0.717) is 28.8 Å². The minimum Gasteiger partial charge on any atom is -0.493 e. The van der Waals surface area contributed by atoms with E-state index in [4.69, 9.17) is 38.6 Å². The highest BCUT2D eigenvalue weighted by atomic mass is 35.7. The molecule has 0 saturated heterocycles. The maximum absolute atomic E-state index is 10.7. The van der Waals surface area contributed by atoms with E-state index in [1.807, 2.05) is 0 Å². The van der Waals surface area contributed by atoms with E-state index in [0.717, 1.165) is 12.8 Å². The summed E-state index contributed by atoms with van der Waals surface area (Å²) in [4.78, 5) is 0. The van der Waals surface area contributed by atoms with Crippen LogP contribution < -0.4 is 4.74 Å². The number of ether oxygens (including phenoxy) is 1. The second-order valence-electron chi connectivity index (χ2n) is 3.76. The number of halogens is 3. The molecule has 0 fully saturated rings. The lowest BCUT2D eigenvalue weighted by Gasteiger charge is -2.06. The molecule has 102 valence electrons. The highest BCUT2D eigenvalue weighted by molar-refractivity contribution is 8.13. The van der Waals surface area contributed by atoms with Gasteiger partial charge in [-0.15, -0.1) is 0 Å². The van der Waals surface area contributed by atoms with E-state index in [9.17, 15) is 8.42 Å². The number of benzene rings is 1. The molecular formula is C11H13Cl3O3S. The maximum atomic E-state index is 10.7. The number of hydrogen-bond acceptors (Lipinski definition) is 3. The Bertz CT molecular complexity index is 468. The lowest BCUT2D eigenvalue weighted by atomic mass is 10.3. The van der Waals surface area contributed by atoms with Crippen molar-refractivity contribution >= 4 is 42.9 Å². The van der Waals surface area contributed by atoms with Crippen molar-refractivity contribution in [2.45, 2.75) is 19.3 Å². The summed E-state index contributed by atoms with van der Waals surface area (Å²) in [6.45, 7) is 0.485. The lowest BCUT2D eigenvalue weighted by molar-refractivity contribution is 0.306. The zero-order chi connectivity index (χ0) is 13.6. The van der Waals surface area contributed by atoms with Crippen molar-refractivity contribution in [1.29, 1.82) is 0 Å². The zero-order valence-corrected chi connectivity index (χ0v) is 12.6. The molecule has 18 heavy (non-hydrogen) atoms. The van der Waals surface area contributed by atoms with Crippen molar-refractivity contribution in [3.05, 3.63) is 28.2 Å². The Kier molecular flexibility index (Phi) is 6.57. The maximum Gasteiger partial charge on any atom is 0.232 e. The molecule has 1 aromatic rings. The van der Waals surface area contributed by atoms with Gasteiger partial charge in [-0.05, 0) is 37.5 Å². The largest absolute Gasteiger partial charge is 0.493 e. The van der Waals surface area contributed by atoms with Gasteiger partial charge in [-0.3, -0.25) is 0 Å². The molecule has 3 nitrogen and oxygen atoms in total. The first-order chi connectivity index (χ1) is 8.37. The Morgan fingerprint density at radius 2 is 1.61 bits per heavy atom. The van der Waals surface area contributed by atoms with Crippen molar-refractivity contribution in [2.75, 3.05) is 12.4 Å². The predicted octanol–water partition coefficient (Wildman–Crippen LogP) is 4.11. The highest BCUT2D eigenvalue weighted by Crippen LogP contribution is 2.24. The normalized spacial score (nSPS) is 11.5. The average Bonchev–Trinajstić information content (AvgIpc) is 2.20. The van der Waals surface area contributed by atoms with E-state index in [1.165, 1.54) is 0 Å². The second kappa shape index (κ2) is 7.43. The van der Waals surface area contributed by atoms with Crippen LogP contribution in [0.25, 0.3) is 0 Å². The Labute approximate surface area is 121 Å².